The second-order valence-electron chi connectivity index (χ2n) is 6.32. The van der Waals surface area contributed by atoms with Crippen LogP contribution in [0.4, 0.5) is 17.5 Å². The molecule has 1 heterocycles. The highest BCUT2D eigenvalue weighted by Gasteiger charge is 2.05. The van der Waals surface area contributed by atoms with Crippen LogP contribution in [0.3, 0.4) is 0 Å². The van der Waals surface area contributed by atoms with Gasteiger partial charge in [-0.2, -0.15) is 4.98 Å². The van der Waals surface area contributed by atoms with Crippen molar-refractivity contribution in [1.29, 1.82) is 0 Å². The maximum absolute atomic E-state index is 4.60. The van der Waals surface area contributed by atoms with E-state index in [9.17, 15) is 0 Å². The van der Waals surface area contributed by atoms with Crippen LogP contribution >= 0.6 is 0 Å². The van der Waals surface area contributed by atoms with Crippen molar-refractivity contribution >= 4 is 17.5 Å². The standard InChI is InChI=1S/C21H24N4/c1-15-9-10-16(2)19(13-15)24-21-23-17(3)14-20(25-21)22-12-11-18-7-5-4-6-8-18/h4-10,13-14H,11-12H2,1-3H3,(H2,22,23,24,25). The second kappa shape index (κ2) is 7.79. The second-order valence-corrected chi connectivity index (χ2v) is 6.32. The Morgan fingerprint density at radius 3 is 2.48 bits per heavy atom. The van der Waals surface area contributed by atoms with Crippen molar-refractivity contribution in [2.75, 3.05) is 17.2 Å². The van der Waals surface area contributed by atoms with Crippen LogP contribution < -0.4 is 10.6 Å². The van der Waals surface area contributed by atoms with Crippen molar-refractivity contribution in [2.24, 2.45) is 0 Å². The highest BCUT2D eigenvalue weighted by atomic mass is 15.1. The third-order valence-electron chi connectivity index (χ3n) is 4.06. The molecular weight excluding hydrogens is 308 g/mol. The molecule has 3 rings (SSSR count). The van der Waals surface area contributed by atoms with Gasteiger partial charge in [-0.1, -0.05) is 42.5 Å². The summed E-state index contributed by atoms with van der Waals surface area (Å²) in [7, 11) is 0. The summed E-state index contributed by atoms with van der Waals surface area (Å²) >= 11 is 0. The molecule has 2 N–H and O–H groups in total. The molecule has 4 heteroatoms. The lowest BCUT2D eigenvalue weighted by atomic mass is 10.1. The Morgan fingerprint density at radius 1 is 0.880 bits per heavy atom. The molecule has 0 aliphatic heterocycles. The fourth-order valence-corrected chi connectivity index (χ4v) is 2.69. The number of hydrogen-bond acceptors (Lipinski definition) is 4. The van der Waals surface area contributed by atoms with E-state index in [1.54, 1.807) is 0 Å². The SMILES string of the molecule is Cc1ccc(C)c(Nc2nc(C)cc(NCCc3ccccc3)n2)c1. The van der Waals surface area contributed by atoms with Crippen LogP contribution in [0.1, 0.15) is 22.4 Å². The minimum atomic E-state index is 0.621. The van der Waals surface area contributed by atoms with Gasteiger partial charge in [0.2, 0.25) is 5.95 Å². The van der Waals surface area contributed by atoms with E-state index in [1.165, 1.54) is 16.7 Å². The Hall–Kier alpha value is -2.88. The summed E-state index contributed by atoms with van der Waals surface area (Å²) < 4.78 is 0. The molecule has 2 aromatic carbocycles. The minimum absolute atomic E-state index is 0.621. The van der Waals surface area contributed by atoms with Gasteiger partial charge in [-0.3, -0.25) is 0 Å². The summed E-state index contributed by atoms with van der Waals surface area (Å²) in [6, 6.07) is 18.7. The van der Waals surface area contributed by atoms with E-state index in [0.29, 0.717) is 5.95 Å². The molecule has 4 nitrogen and oxygen atoms in total. The lowest BCUT2D eigenvalue weighted by Crippen LogP contribution is -2.09. The Bertz CT molecular complexity index is 844. The van der Waals surface area contributed by atoms with E-state index in [0.717, 1.165) is 30.2 Å². The highest BCUT2D eigenvalue weighted by molar-refractivity contribution is 5.60. The molecule has 0 aliphatic carbocycles. The molecule has 3 aromatic rings. The Kier molecular flexibility index (Phi) is 5.29. The van der Waals surface area contributed by atoms with E-state index < -0.39 is 0 Å². The predicted octanol–water partition coefficient (Wildman–Crippen LogP) is 4.80. The number of nitrogens with zero attached hydrogens (tertiary/aromatic N) is 2. The number of anilines is 3. The topological polar surface area (TPSA) is 49.8 Å². The maximum Gasteiger partial charge on any atom is 0.229 e. The Labute approximate surface area is 149 Å². The number of aryl methyl sites for hydroxylation is 3. The van der Waals surface area contributed by atoms with Crippen LogP contribution in [0.2, 0.25) is 0 Å². The molecule has 0 amide bonds. The zero-order chi connectivity index (χ0) is 17.6. The lowest BCUT2D eigenvalue weighted by molar-refractivity contribution is 0.994. The van der Waals surface area contributed by atoms with Gasteiger partial charge in [0.1, 0.15) is 5.82 Å². The van der Waals surface area contributed by atoms with Crippen LogP contribution in [-0.4, -0.2) is 16.5 Å². The van der Waals surface area contributed by atoms with Gasteiger partial charge in [0, 0.05) is 24.0 Å². The van der Waals surface area contributed by atoms with Gasteiger partial charge in [0.15, 0.2) is 0 Å². The van der Waals surface area contributed by atoms with Gasteiger partial charge in [-0.25, -0.2) is 4.98 Å². The molecule has 0 saturated heterocycles. The smallest absolute Gasteiger partial charge is 0.229 e. The largest absolute Gasteiger partial charge is 0.370 e. The number of nitrogens with one attached hydrogen (secondary N) is 2. The molecule has 1 aromatic heterocycles. The third kappa shape index (κ3) is 4.80. The Balaban J connectivity index is 1.68. The van der Waals surface area contributed by atoms with Crippen LogP contribution in [-0.2, 0) is 6.42 Å². The summed E-state index contributed by atoms with van der Waals surface area (Å²) in [5.41, 5.74) is 5.68. The summed E-state index contributed by atoms with van der Waals surface area (Å²) in [5, 5.41) is 6.74. The van der Waals surface area contributed by atoms with Crippen molar-refractivity contribution < 1.29 is 0 Å². The number of hydrogen-bond donors (Lipinski definition) is 2. The molecule has 0 saturated carbocycles. The van der Waals surface area contributed by atoms with Gasteiger partial charge in [-0.15, -0.1) is 0 Å². The summed E-state index contributed by atoms with van der Waals surface area (Å²) in [6.45, 7) is 6.98. The molecule has 0 fully saturated rings. The van der Waals surface area contributed by atoms with Crippen molar-refractivity contribution in [3.8, 4) is 0 Å². The lowest BCUT2D eigenvalue weighted by Gasteiger charge is -2.12. The van der Waals surface area contributed by atoms with E-state index in [-0.39, 0.29) is 0 Å². The highest BCUT2D eigenvalue weighted by Crippen LogP contribution is 2.21. The summed E-state index contributed by atoms with van der Waals surface area (Å²) in [5.74, 6) is 1.46. The summed E-state index contributed by atoms with van der Waals surface area (Å²) in [4.78, 5) is 9.10. The third-order valence-corrected chi connectivity index (χ3v) is 4.06. The predicted molar refractivity (Wildman–Crippen MR) is 105 cm³/mol. The minimum Gasteiger partial charge on any atom is -0.370 e. The van der Waals surface area contributed by atoms with E-state index in [4.69, 9.17) is 0 Å². The van der Waals surface area contributed by atoms with Crippen molar-refractivity contribution in [2.45, 2.75) is 27.2 Å². The first-order valence-electron chi connectivity index (χ1n) is 8.58. The molecule has 0 spiro atoms. The van der Waals surface area contributed by atoms with Crippen LogP contribution in [0.5, 0.6) is 0 Å². The van der Waals surface area contributed by atoms with Crippen LogP contribution in [0, 0.1) is 20.8 Å². The average Bonchev–Trinajstić information content (AvgIpc) is 2.59. The zero-order valence-corrected chi connectivity index (χ0v) is 15.0. The molecule has 128 valence electrons. The van der Waals surface area contributed by atoms with Crippen molar-refractivity contribution in [1.82, 2.24) is 9.97 Å². The average molecular weight is 332 g/mol. The van der Waals surface area contributed by atoms with Crippen molar-refractivity contribution in [3.63, 3.8) is 0 Å². The molecule has 0 bridgehead atoms. The van der Waals surface area contributed by atoms with E-state index >= 15 is 0 Å². The van der Waals surface area contributed by atoms with Gasteiger partial charge < -0.3 is 10.6 Å². The maximum atomic E-state index is 4.60. The van der Waals surface area contributed by atoms with Crippen LogP contribution in [0.25, 0.3) is 0 Å². The first kappa shape index (κ1) is 17.0. The number of aromatic nitrogens is 2. The number of rotatable bonds is 6. The molecule has 25 heavy (non-hydrogen) atoms. The zero-order valence-electron chi connectivity index (χ0n) is 15.0. The summed E-state index contributed by atoms with van der Waals surface area (Å²) in [6.07, 6.45) is 0.962. The molecule has 0 unspecified atom stereocenters. The number of benzene rings is 2. The first-order chi connectivity index (χ1) is 12.1. The Morgan fingerprint density at radius 2 is 1.68 bits per heavy atom. The normalized spacial score (nSPS) is 10.5. The van der Waals surface area contributed by atoms with E-state index in [1.807, 2.05) is 19.1 Å². The molecule has 0 atom stereocenters. The van der Waals surface area contributed by atoms with Gasteiger partial charge >= 0.3 is 0 Å². The van der Waals surface area contributed by atoms with E-state index in [2.05, 4.69) is 76.9 Å². The quantitative estimate of drug-likeness (QED) is 0.681. The monoisotopic (exact) mass is 332 g/mol. The van der Waals surface area contributed by atoms with Gasteiger partial charge in [0.05, 0.1) is 0 Å². The molecule has 0 aliphatic rings. The fraction of sp³-hybridized carbons (Fsp3) is 0.238. The molecule has 0 radical (unpaired) electrons. The fourth-order valence-electron chi connectivity index (χ4n) is 2.69. The first-order valence-corrected chi connectivity index (χ1v) is 8.58. The van der Waals surface area contributed by atoms with Gasteiger partial charge in [0.25, 0.3) is 0 Å². The van der Waals surface area contributed by atoms with Crippen molar-refractivity contribution in [3.05, 3.63) is 77.0 Å². The molecular formula is C21H24N4. The van der Waals surface area contributed by atoms with Gasteiger partial charge in [-0.05, 0) is 49.9 Å². The van der Waals surface area contributed by atoms with Crippen LogP contribution in [0.15, 0.2) is 54.6 Å².